The predicted molar refractivity (Wildman–Crippen MR) is 67.0 cm³/mol. The minimum atomic E-state index is -0.182. The van der Waals surface area contributed by atoms with Crippen molar-refractivity contribution in [1.82, 2.24) is 5.32 Å². The smallest absolute Gasteiger partial charge is 0.223 e. The normalized spacial score (nSPS) is 22.8. The molecule has 1 aromatic carbocycles. The van der Waals surface area contributed by atoms with E-state index in [0.29, 0.717) is 6.42 Å². The SMILES string of the molecule is CCCCOc1ccc(C2(C)CC(=O)N2)cc1. The van der Waals surface area contributed by atoms with Gasteiger partial charge < -0.3 is 10.1 Å². The molecule has 2 rings (SSSR count). The van der Waals surface area contributed by atoms with Crippen LogP contribution in [0.5, 0.6) is 5.75 Å². The van der Waals surface area contributed by atoms with E-state index in [1.807, 2.05) is 31.2 Å². The zero-order valence-electron chi connectivity index (χ0n) is 10.5. The second kappa shape index (κ2) is 4.78. The maximum Gasteiger partial charge on any atom is 0.223 e. The third-order valence-electron chi connectivity index (χ3n) is 3.19. The van der Waals surface area contributed by atoms with E-state index in [1.165, 1.54) is 0 Å². The average molecular weight is 233 g/mol. The molecule has 0 aliphatic carbocycles. The first-order chi connectivity index (χ1) is 8.14. The summed E-state index contributed by atoms with van der Waals surface area (Å²) < 4.78 is 5.60. The van der Waals surface area contributed by atoms with Crippen LogP contribution in [0.15, 0.2) is 24.3 Å². The molecule has 0 radical (unpaired) electrons. The maximum atomic E-state index is 11.0. The van der Waals surface area contributed by atoms with Gasteiger partial charge in [-0.1, -0.05) is 25.5 Å². The van der Waals surface area contributed by atoms with E-state index in [9.17, 15) is 4.79 Å². The summed E-state index contributed by atoms with van der Waals surface area (Å²) in [5, 5.41) is 2.93. The molecule has 1 saturated heterocycles. The lowest BCUT2D eigenvalue weighted by Crippen LogP contribution is -2.56. The zero-order valence-corrected chi connectivity index (χ0v) is 10.5. The van der Waals surface area contributed by atoms with Crippen LogP contribution in [-0.4, -0.2) is 12.5 Å². The van der Waals surface area contributed by atoms with Gasteiger partial charge in [-0.3, -0.25) is 4.79 Å². The minimum absolute atomic E-state index is 0.121. The molecular formula is C14H19NO2. The molecule has 1 N–H and O–H groups in total. The van der Waals surface area contributed by atoms with E-state index in [-0.39, 0.29) is 11.4 Å². The average Bonchev–Trinajstić information content (AvgIpc) is 2.28. The lowest BCUT2D eigenvalue weighted by Gasteiger charge is -2.39. The van der Waals surface area contributed by atoms with Crippen LogP contribution in [0.4, 0.5) is 0 Å². The lowest BCUT2D eigenvalue weighted by molar-refractivity contribution is -0.132. The standard InChI is InChI=1S/C14H19NO2/c1-3-4-9-17-12-7-5-11(6-8-12)14(2)10-13(16)15-14/h5-8H,3-4,9-10H2,1-2H3,(H,15,16). The van der Waals surface area contributed by atoms with E-state index >= 15 is 0 Å². The van der Waals surface area contributed by atoms with Crippen molar-refractivity contribution in [3.63, 3.8) is 0 Å². The van der Waals surface area contributed by atoms with Crippen LogP contribution in [0.2, 0.25) is 0 Å². The molecule has 1 unspecified atom stereocenters. The Morgan fingerprint density at radius 3 is 2.53 bits per heavy atom. The highest BCUT2D eigenvalue weighted by Gasteiger charge is 2.39. The van der Waals surface area contributed by atoms with Gasteiger partial charge in [-0.15, -0.1) is 0 Å². The number of unbranched alkanes of at least 4 members (excludes halogenated alkanes) is 1. The third kappa shape index (κ3) is 2.60. The van der Waals surface area contributed by atoms with Gasteiger partial charge >= 0.3 is 0 Å². The highest BCUT2D eigenvalue weighted by atomic mass is 16.5. The Labute approximate surface area is 102 Å². The van der Waals surface area contributed by atoms with Crippen molar-refractivity contribution in [2.24, 2.45) is 0 Å². The highest BCUT2D eigenvalue weighted by Crippen LogP contribution is 2.32. The number of amides is 1. The Morgan fingerprint density at radius 2 is 2.00 bits per heavy atom. The monoisotopic (exact) mass is 233 g/mol. The van der Waals surface area contributed by atoms with Gasteiger partial charge in [0.25, 0.3) is 0 Å². The molecule has 0 saturated carbocycles. The molecule has 1 heterocycles. The minimum Gasteiger partial charge on any atom is -0.494 e. The lowest BCUT2D eigenvalue weighted by atomic mass is 9.82. The second-order valence-corrected chi connectivity index (χ2v) is 4.78. The van der Waals surface area contributed by atoms with Crippen LogP contribution in [0, 0.1) is 0 Å². The summed E-state index contributed by atoms with van der Waals surface area (Å²) >= 11 is 0. The Morgan fingerprint density at radius 1 is 1.35 bits per heavy atom. The summed E-state index contributed by atoms with van der Waals surface area (Å²) in [5.41, 5.74) is 0.957. The number of benzene rings is 1. The summed E-state index contributed by atoms with van der Waals surface area (Å²) in [4.78, 5) is 11.0. The molecule has 0 aromatic heterocycles. The van der Waals surface area contributed by atoms with Gasteiger partial charge in [-0.25, -0.2) is 0 Å². The van der Waals surface area contributed by atoms with Gasteiger partial charge in [0.1, 0.15) is 5.75 Å². The van der Waals surface area contributed by atoms with Crippen LogP contribution < -0.4 is 10.1 Å². The maximum absolute atomic E-state index is 11.0. The molecule has 17 heavy (non-hydrogen) atoms. The van der Waals surface area contributed by atoms with Gasteiger partial charge in [0.05, 0.1) is 18.6 Å². The zero-order chi connectivity index (χ0) is 12.3. The van der Waals surface area contributed by atoms with Gasteiger partial charge in [-0.05, 0) is 31.0 Å². The first-order valence-electron chi connectivity index (χ1n) is 6.18. The van der Waals surface area contributed by atoms with Crippen molar-refractivity contribution >= 4 is 5.91 Å². The number of carbonyl (C=O) groups is 1. The Bertz CT molecular complexity index is 389. The van der Waals surface area contributed by atoms with E-state index < -0.39 is 0 Å². The number of hydrogen-bond acceptors (Lipinski definition) is 2. The summed E-state index contributed by atoms with van der Waals surface area (Å²) in [7, 11) is 0. The van der Waals surface area contributed by atoms with Crippen molar-refractivity contribution in [2.45, 2.75) is 38.6 Å². The van der Waals surface area contributed by atoms with Gasteiger partial charge in [0.2, 0.25) is 5.91 Å². The largest absolute Gasteiger partial charge is 0.494 e. The van der Waals surface area contributed by atoms with Crippen molar-refractivity contribution in [2.75, 3.05) is 6.61 Å². The van der Waals surface area contributed by atoms with Crippen molar-refractivity contribution in [3.05, 3.63) is 29.8 Å². The summed E-state index contributed by atoms with van der Waals surface area (Å²) in [6.45, 7) is 4.96. The molecule has 1 fully saturated rings. The third-order valence-corrected chi connectivity index (χ3v) is 3.19. The fourth-order valence-corrected chi connectivity index (χ4v) is 2.04. The van der Waals surface area contributed by atoms with E-state index in [1.54, 1.807) is 0 Å². The van der Waals surface area contributed by atoms with Crippen molar-refractivity contribution in [1.29, 1.82) is 0 Å². The molecule has 92 valence electrons. The van der Waals surface area contributed by atoms with Crippen molar-refractivity contribution < 1.29 is 9.53 Å². The van der Waals surface area contributed by atoms with Crippen LogP contribution in [0.25, 0.3) is 0 Å². The number of hydrogen-bond donors (Lipinski definition) is 1. The van der Waals surface area contributed by atoms with Crippen molar-refractivity contribution in [3.8, 4) is 5.75 Å². The Hall–Kier alpha value is -1.51. The Balaban J connectivity index is 1.96. The molecular weight excluding hydrogens is 214 g/mol. The molecule has 1 aliphatic heterocycles. The second-order valence-electron chi connectivity index (χ2n) is 4.78. The molecule has 1 amide bonds. The molecule has 3 nitrogen and oxygen atoms in total. The molecule has 1 aliphatic rings. The fourth-order valence-electron chi connectivity index (χ4n) is 2.04. The predicted octanol–water partition coefficient (Wildman–Crippen LogP) is 2.60. The number of rotatable bonds is 5. The summed E-state index contributed by atoms with van der Waals surface area (Å²) in [6.07, 6.45) is 2.79. The quantitative estimate of drug-likeness (QED) is 0.627. The fraction of sp³-hybridized carbons (Fsp3) is 0.500. The number of nitrogens with one attached hydrogen (secondary N) is 1. The van der Waals surface area contributed by atoms with Crippen LogP contribution >= 0.6 is 0 Å². The summed E-state index contributed by atoms with van der Waals surface area (Å²) in [5.74, 6) is 1.02. The molecule has 3 heteroatoms. The first kappa shape index (κ1) is 12.0. The number of ether oxygens (including phenoxy) is 1. The topological polar surface area (TPSA) is 38.3 Å². The van der Waals surface area contributed by atoms with Crippen LogP contribution in [-0.2, 0) is 10.3 Å². The van der Waals surface area contributed by atoms with Gasteiger partial charge in [0, 0.05) is 0 Å². The number of carbonyl (C=O) groups excluding carboxylic acids is 1. The number of β-lactam (4-membered cyclic amide) rings is 1. The highest BCUT2D eigenvalue weighted by molar-refractivity contribution is 5.85. The van der Waals surface area contributed by atoms with E-state index in [2.05, 4.69) is 12.2 Å². The van der Waals surface area contributed by atoms with E-state index in [4.69, 9.17) is 4.74 Å². The first-order valence-corrected chi connectivity index (χ1v) is 6.18. The van der Waals surface area contributed by atoms with Gasteiger partial charge in [0.15, 0.2) is 0 Å². The molecule has 1 aromatic rings. The van der Waals surface area contributed by atoms with Crippen LogP contribution in [0.1, 0.15) is 38.7 Å². The van der Waals surface area contributed by atoms with Gasteiger partial charge in [-0.2, -0.15) is 0 Å². The molecule has 1 atom stereocenters. The molecule has 0 spiro atoms. The van der Waals surface area contributed by atoms with E-state index in [0.717, 1.165) is 30.8 Å². The van der Waals surface area contributed by atoms with Crippen LogP contribution in [0.3, 0.4) is 0 Å². The summed E-state index contributed by atoms with van der Waals surface area (Å²) in [6, 6.07) is 8.00. The Kier molecular flexibility index (Phi) is 3.36. The molecule has 0 bridgehead atoms.